The zero-order valence-corrected chi connectivity index (χ0v) is 15.2. The molecule has 3 nitrogen and oxygen atoms in total. The van der Waals surface area contributed by atoms with Gasteiger partial charge in [0.05, 0.1) is 15.8 Å². The lowest BCUT2D eigenvalue weighted by Gasteiger charge is -2.08. The van der Waals surface area contributed by atoms with E-state index >= 15 is 0 Å². The summed E-state index contributed by atoms with van der Waals surface area (Å²) in [6.45, 7) is 2.46. The first-order valence-electron chi connectivity index (χ1n) is 7.32. The normalized spacial score (nSPS) is 11.6. The van der Waals surface area contributed by atoms with Gasteiger partial charge >= 0.3 is 0 Å². The zero-order valence-electron chi connectivity index (χ0n) is 12.9. The maximum absolute atomic E-state index is 12.1. The summed E-state index contributed by atoms with van der Waals surface area (Å²) in [6, 6.07) is 13.1. The standard InChI is InChI=1S/C17H19Cl2NO2S/c1-13-4-2-5-14(10-13)6-3-9-20-23(21,22)12-15-7-8-16(18)17(19)11-15/h2,4-5,7-8,10-11,20H,3,6,9,12H2,1H3. The first-order valence-corrected chi connectivity index (χ1v) is 9.73. The van der Waals surface area contributed by atoms with E-state index < -0.39 is 10.0 Å². The molecule has 2 aromatic rings. The Balaban J connectivity index is 1.83. The van der Waals surface area contributed by atoms with Crippen molar-refractivity contribution in [2.45, 2.75) is 25.5 Å². The molecule has 124 valence electrons. The lowest BCUT2D eigenvalue weighted by Crippen LogP contribution is -2.26. The number of halogens is 2. The Morgan fingerprint density at radius 1 is 1.00 bits per heavy atom. The second-order valence-electron chi connectivity index (χ2n) is 5.49. The van der Waals surface area contributed by atoms with Crippen LogP contribution in [0.2, 0.25) is 10.0 Å². The summed E-state index contributed by atoms with van der Waals surface area (Å²) < 4.78 is 26.8. The van der Waals surface area contributed by atoms with Gasteiger partial charge < -0.3 is 0 Å². The van der Waals surface area contributed by atoms with Crippen molar-refractivity contribution >= 4 is 33.2 Å². The van der Waals surface area contributed by atoms with Crippen LogP contribution in [0.1, 0.15) is 23.1 Å². The van der Waals surface area contributed by atoms with E-state index in [1.54, 1.807) is 18.2 Å². The predicted octanol–water partition coefficient (Wildman–Crippen LogP) is 4.35. The molecule has 0 heterocycles. The molecule has 6 heteroatoms. The fraction of sp³-hybridized carbons (Fsp3) is 0.294. The van der Waals surface area contributed by atoms with Crippen molar-refractivity contribution in [1.29, 1.82) is 0 Å². The van der Waals surface area contributed by atoms with Crippen molar-refractivity contribution in [1.82, 2.24) is 4.72 Å². The van der Waals surface area contributed by atoms with Crippen LogP contribution in [0.5, 0.6) is 0 Å². The molecule has 23 heavy (non-hydrogen) atoms. The Hall–Kier alpha value is -1.07. The summed E-state index contributed by atoms with van der Waals surface area (Å²) in [6.07, 6.45) is 1.60. The minimum Gasteiger partial charge on any atom is -0.215 e. The number of sulfonamides is 1. The first-order chi connectivity index (χ1) is 10.9. The molecule has 2 rings (SSSR count). The summed E-state index contributed by atoms with van der Waals surface area (Å²) in [5.41, 5.74) is 3.04. The molecule has 0 bridgehead atoms. The van der Waals surface area contributed by atoms with Gasteiger partial charge in [0.15, 0.2) is 0 Å². The van der Waals surface area contributed by atoms with Gasteiger partial charge in [-0.15, -0.1) is 0 Å². The minimum atomic E-state index is -3.38. The SMILES string of the molecule is Cc1cccc(CCCNS(=O)(=O)Cc2ccc(Cl)c(Cl)c2)c1. The van der Waals surface area contributed by atoms with Crippen LogP contribution in [-0.4, -0.2) is 15.0 Å². The number of nitrogens with one attached hydrogen (secondary N) is 1. The molecule has 0 atom stereocenters. The quantitative estimate of drug-likeness (QED) is 0.735. The van der Waals surface area contributed by atoms with Crippen molar-refractivity contribution in [3.63, 3.8) is 0 Å². The molecule has 0 amide bonds. The molecule has 0 spiro atoms. The van der Waals surface area contributed by atoms with E-state index in [9.17, 15) is 8.42 Å². The fourth-order valence-corrected chi connectivity index (χ4v) is 3.78. The lowest BCUT2D eigenvalue weighted by molar-refractivity contribution is 0.578. The molecule has 0 aliphatic rings. The number of hydrogen-bond acceptors (Lipinski definition) is 2. The summed E-state index contributed by atoms with van der Waals surface area (Å²) >= 11 is 11.7. The highest BCUT2D eigenvalue weighted by atomic mass is 35.5. The summed E-state index contributed by atoms with van der Waals surface area (Å²) in [4.78, 5) is 0. The van der Waals surface area contributed by atoms with E-state index in [1.165, 1.54) is 11.1 Å². The van der Waals surface area contributed by atoms with E-state index in [0.717, 1.165) is 12.8 Å². The molecule has 0 aliphatic heterocycles. The molecule has 0 aromatic heterocycles. The van der Waals surface area contributed by atoms with Gasteiger partial charge in [0.25, 0.3) is 0 Å². The first kappa shape index (κ1) is 18.3. The lowest BCUT2D eigenvalue weighted by atomic mass is 10.1. The Morgan fingerprint density at radius 2 is 1.78 bits per heavy atom. The molecule has 0 radical (unpaired) electrons. The Bertz CT molecular complexity index is 776. The maximum Gasteiger partial charge on any atom is 0.215 e. The molecule has 1 N–H and O–H groups in total. The van der Waals surface area contributed by atoms with Crippen LogP contribution in [0, 0.1) is 6.92 Å². The third-order valence-corrected chi connectivity index (χ3v) is 5.48. The minimum absolute atomic E-state index is 0.103. The van der Waals surface area contributed by atoms with E-state index in [0.29, 0.717) is 22.2 Å². The van der Waals surface area contributed by atoms with Crippen LogP contribution < -0.4 is 4.72 Å². The zero-order chi connectivity index (χ0) is 16.9. The summed E-state index contributed by atoms with van der Waals surface area (Å²) in [7, 11) is -3.38. The molecule has 0 saturated carbocycles. The smallest absolute Gasteiger partial charge is 0.215 e. The van der Waals surface area contributed by atoms with Gasteiger partial charge in [0, 0.05) is 6.54 Å². The van der Waals surface area contributed by atoms with Crippen LogP contribution in [0.4, 0.5) is 0 Å². The van der Waals surface area contributed by atoms with Gasteiger partial charge in [-0.2, -0.15) is 0 Å². The monoisotopic (exact) mass is 371 g/mol. The van der Waals surface area contributed by atoms with Gasteiger partial charge in [-0.1, -0.05) is 59.1 Å². The van der Waals surface area contributed by atoms with Gasteiger partial charge in [0.1, 0.15) is 0 Å². The summed E-state index contributed by atoms with van der Waals surface area (Å²) in [5, 5.41) is 0.776. The van der Waals surface area contributed by atoms with E-state index in [2.05, 4.69) is 16.9 Å². The van der Waals surface area contributed by atoms with E-state index in [4.69, 9.17) is 23.2 Å². The average Bonchev–Trinajstić information content (AvgIpc) is 2.47. The fourth-order valence-electron chi connectivity index (χ4n) is 2.29. The Kier molecular flexibility index (Phi) is 6.48. The molecular weight excluding hydrogens is 353 g/mol. The van der Waals surface area contributed by atoms with E-state index in [-0.39, 0.29) is 5.75 Å². The highest BCUT2D eigenvalue weighted by Gasteiger charge is 2.12. The largest absolute Gasteiger partial charge is 0.215 e. The molecule has 0 saturated heterocycles. The second-order valence-corrected chi connectivity index (χ2v) is 8.12. The molecule has 0 unspecified atom stereocenters. The third-order valence-electron chi connectivity index (χ3n) is 3.39. The maximum atomic E-state index is 12.1. The molecule has 2 aromatic carbocycles. The predicted molar refractivity (Wildman–Crippen MR) is 96.6 cm³/mol. The van der Waals surface area contributed by atoms with Crippen LogP contribution in [0.15, 0.2) is 42.5 Å². The van der Waals surface area contributed by atoms with Gasteiger partial charge in [0.2, 0.25) is 10.0 Å². The number of benzene rings is 2. The summed E-state index contributed by atoms with van der Waals surface area (Å²) in [5.74, 6) is -0.103. The van der Waals surface area contributed by atoms with Crippen LogP contribution >= 0.6 is 23.2 Å². The van der Waals surface area contributed by atoms with Crippen LogP contribution in [0.25, 0.3) is 0 Å². The molecule has 0 aliphatic carbocycles. The van der Waals surface area contributed by atoms with Crippen molar-refractivity contribution in [3.8, 4) is 0 Å². The van der Waals surface area contributed by atoms with Crippen LogP contribution in [0.3, 0.4) is 0 Å². The highest BCUT2D eigenvalue weighted by Crippen LogP contribution is 2.23. The van der Waals surface area contributed by atoms with Crippen molar-refractivity contribution in [2.24, 2.45) is 0 Å². The highest BCUT2D eigenvalue weighted by molar-refractivity contribution is 7.88. The molecule has 0 fully saturated rings. The number of rotatable bonds is 7. The third kappa shape index (κ3) is 6.15. The second kappa shape index (κ2) is 8.15. The van der Waals surface area contributed by atoms with E-state index in [1.807, 2.05) is 19.1 Å². The van der Waals surface area contributed by atoms with Gasteiger partial charge in [-0.05, 0) is 43.0 Å². The number of hydrogen-bond donors (Lipinski definition) is 1. The van der Waals surface area contributed by atoms with Gasteiger partial charge in [-0.25, -0.2) is 13.1 Å². The van der Waals surface area contributed by atoms with Crippen molar-refractivity contribution < 1.29 is 8.42 Å². The molecular formula is C17H19Cl2NO2S. The Morgan fingerprint density at radius 3 is 2.48 bits per heavy atom. The van der Waals surface area contributed by atoms with Crippen LogP contribution in [-0.2, 0) is 22.2 Å². The van der Waals surface area contributed by atoms with Crippen molar-refractivity contribution in [2.75, 3.05) is 6.54 Å². The van der Waals surface area contributed by atoms with Gasteiger partial charge in [-0.3, -0.25) is 0 Å². The average molecular weight is 372 g/mol. The Labute approximate surface area is 147 Å². The number of aryl methyl sites for hydroxylation is 2. The van der Waals surface area contributed by atoms with Crippen molar-refractivity contribution in [3.05, 3.63) is 69.2 Å². The topological polar surface area (TPSA) is 46.2 Å².